The predicted molar refractivity (Wildman–Crippen MR) is 87.6 cm³/mol. The third kappa shape index (κ3) is 3.65. The minimum Gasteiger partial charge on any atom is -0.294 e. The van der Waals surface area contributed by atoms with Crippen molar-refractivity contribution >= 4 is 17.8 Å². The number of hydrogen-bond acceptors (Lipinski definition) is 6. The van der Waals surface area contributed by atoms with E-state index in [0.29, 0.717) is 12.3 Å². The third-order valence-corrected chi connectivity index (χ3v) is 3.91. The van der Waals surface area contributed by atoms with Gasteiger partial charge >= 0.3 is 0 Å². The number of amidine groups is 1. The molecule has 1 aliphatic carbocycles. The topological polar surface area (TPSA) is 110 Å². The first-order valence-corrected chi connectivity index (χ1v) is 7.55. The molecule has 122 valence electrons. The molecule has 0 saturated carbocycles. The van der Waals surface area contributed by atoms with Crippen molar-refractivity contribution in [2.45, 2.75) is 24.9 Å². The molecule has 1 heterocycles. The van der Waals surface area contributed by atoms with E-state index in [1.807, 2.05) is 30.3 Å². The zero-order valence-corrected chi connectivity index (χ0v) is 12.7. The highest BCUT2D eigenvalue weighted by Gasteiger charge is 2.29. The summed E-state index contributed by atoms with van der Waals surface area (Å²) in [6.45, 7) is 0. The van der Waals surface area contributed by atoms with Gasteiger partial charge in [-0.1, -0.05) is 30.3 Å². The lowest BCUT2D eigenvalue weighted by Gasteiger charge is -2.14. The lowest BCUT2D eigenvalue weighted by atomic mass is 9.91. The molecule has 0 radical (unpaired) electrons. The second kappa shape index (κ2) is 7.03. The van der Waals surface area contributed by atoms with Crippen molar-refractivity contribution in [2.75, 3.05) is 0 Å². The first-order chi connectivity index (χ1) is 11.6. The first kappa shape index (κ1) is 15.9. The fourth-order valence-corrected chi connectivity index (χ4v) is 2.57. The van der Waals surface area contributed by atoms with E-state index in [2.05, 4.69) is 20.4 Å². The minimum atomic E-state index is -0.861. The summed E-state index contributed by atoms with van der Waals surface area (Å²) in [5.74, 6) is -0.352. The molecule has 0 fully saturated rings. The van der Waals surface area contributed by atoms with E-state index in [0.717, 1.165) is 5.56 Å². The Morgan fingerprint density at radius 2 is 2.08 bits per heavy atom. The van der Waals surface area contributed by atoms with Gasteiger partial charge in [-0.3, -0.25) is 14.9 Å². The largest absolute Gasteiger partial charge is 0.294 e. The zero-order chi connectivity index (χ0) is 16.9. The van der Waals surface area contributed by atoms with Gasteiger partial charge in [0.2, 0.25) is 6.04 Å². The maximum Gasteiger partial charge on any atom is 0.232 e. The number of carbonyl (C=O) groups excluding carboxylic acids is 1. The first-order valence-electron chi connectivity index (χ1n) is 7.55. The fourth-order valence-electron chi connectivity index (χ4n) is 2.57. The van der Waals surface area contributed by atoms with Crippen molar-refractivity contribution in [1.29, 1.82) is 0 Å². The number of hydrogen-bond donors (Lipinski definition) is 0. The molecule has 1 aromatic rings. The Hall–Kier alpha value is -3.03. The summed E-state index contributed by atoms with van der Waals surface area (Å²) in [5.41, 5.74) is 1.05. The predicted octanol–water partition coefficient (Wildman–Crippen LogP) is 2.76. The molecule has 0 bridgehead atoms. The average Bonchev–Trinajstić information content (AvgIpc) is 3.06. The van der Waals surface area contributed by atoms with Gasteiger partial charge in [0.15, 0.2) is 11.6 Å². The van der Waals surface area contributed by atoms with Crippen molar-refractivity contribution in [3.8, 4) is 0 Å². The molecule has 3 atom stereocenters. The van der Waals surface area contributed by atoms with Crippen molar-refractivity contribution in [3.05, 3.63) is 58.2 Å². The van der Waals surface area contributed by atoms with Gasteiger partial charge in [0.05, 0.1) is 5.92 Å². The maximum atomic E-state index is 11.7. The monoisotopic (exact) mass is 325 g/mol. The van der Waals surface area contributed by atoms with Crippen molar-refractivity contribution in [3.63, 3.8) is 0 Å². The molecule has 0 amide bonds. The Morgan fingerprint density at radius 3 is 2.83 bits per heavy atom. The number of carbonyl (C=O) groups is 1. The van der Waals surface area contributed by atoms with Gasteiger partial charge in [-0.15, -0.1) is 10.2 Å². The van der Waals surface area contributed by atoms with E-state index in [-0.39, 0.29) is 18.2 Å². The van der Waals surface area contributed by atoms with Crippen LogP contribution in [0.1, 0.15) is 24.4 Å². The average molecular weight is 325 g/mol. The number of nitrogens with zero attached hydrogens (tertiary/aromatic N) is 5. The van der Waals surface area contributed by atoms with Crippen LogP contribution >= 0.6 is 0 Å². The van der Waals surface area contributed by atoms with E-state index in [4.69, 9.17) is 0 Å². The number of azo groups is 1. The number of nitro groups is 1. The second-order valence-electron chi connectivity index (χ2n) is 5.58. The molecular weight excluding hydrogens is 310 g/mol. The highest BCUT2D eigenvalue weighted by molar-refractivity contribution is 6.02. The third-order valence-electron chi connectivity index (χ3n) is 3.91. The van der Waals surface area contributed by atoms with Gasteiger partial charge in [-0.25, -0.2) is 0 Å². The molecule has 8 heteroatoms. The molecule has 3 rings (SSSR count). The minimum absolute atomic E-state index is 0.0711. The van der Waals surface area contributed by atoms with Crippen LogP contribution in [0.5, 0.6) is 0 Å². The summed E-state index contributed by atoms with van der Waals surface area (Å²) in [7, 11) is 0. The van der Waals surface area contributed by atoms with Crippen LogP contribution in [0.2, 0.25) is 0 Å². The van der Waals surface area contributed by atoms with Crippen LogP contribution in [0.15, 0.2) is 62.9 Å². The molecule has 0 N–H and O–H groups in total. The summed E-state index contributed by atoms with van der Waals surface area (Å²) in [5, 5.41) is 26.8. The quantitative estimate of drug-likeness (QED) is 0.482. The molecular formula is C16H15N5O3. The molecule has 8 nitrogen and oxygen atoms in total. The Bertz CT molecular complexity index is 754. The number of benzene rings is 1. The molecule has 2 aliphatic rings. The Kier molecular flexibility index (Phi) is 4.64. The molecule has 0 spiro atoms. The zero-order valence-electron chi connectivity index (χ0n) is 12.7. The van der Waals surface area contributed by atoms with Gasteiger partial charge in [-0.05, 0) is 17.7 Å². The number of rotatable bonds is 4. The lowest BCUT2D eigenvalue weighted by molar-refractivity contribution is -0.510. The van der Waals surface area contributed by atoms with Gasteiger partial charge in [0, 0.05) is 24.0 Å². The van der Waals surface area contributed by atoms with Crippen LogP contribution in [0.25, 0.3) is 0 Å². The molecule has 0 saturated heterocycles. The Balaban J connectivity index is 1.61. The highest BCUT2D eigenvalue weighted by Crippen LogP contribution is 2.27. The van der Waals surface area contributed by atoms with E-state index in [1.54, 1.807) is 0 Å². The molecule has 0 aromatic heterocycles. The van der Waals surface area contributed by atoms with E-state index in [9.17, 15) is 14.9 Å². The maximum absolute atomic E-state index is 11.7. The van der Waals surface area contributed by atoms with Gasteiger partial charge < -0.3 is 0 Å². The summed E-state index contributed by atoms with van der Waals surface area (Å²) in [4.78, 5) is 22.1. The van der Waals surface area contributed by atoms with Crippen LogP contribution < -0.4 is 0 Å². The van der Waals surface area contributed by atoms with E-state index < -0.39 is 16.9 Å². The Morgan fingerprint density at radius 1 is 1.29 bits per heavy atom. The van der Waals surface area contributed by atoms with Crippen LogP contribution in [0, 0.1) is 16.0 Å². The molecule has 24 heavy (non-hydrogen) atoms. The summed E-state index contributed by atoms with van der Waals surface area (Å²) >= 11 is 0. The SMILES string of the molecule is O=C1C=C[C@@H]([N+](=O)[O-])C[C@@H]1/C=N\N=C1\C[C@@H](c2ccccc2)N=N1. The second-order valence-corrected chi connectivity index (χ2v) is 5.58. The smallest absolute Gasteiger partial charge is 0.232 e. The van der Waals surface area contributed by atoms with Crippen molar-refractivity contribution in [2.24, 2.45) is 26.3 Å². The van der Waals surface area contributed by atoms with E-state index in [1.165, 1.54) is 18.4 Å². The van der Waals surface area contributed by atoms with Crippen LogP contribution in [0.3, 0.4) is 0 Å². The summed E-state index contributed by atoms with van der Waals surface area (Å²) in [6, 6.07) is 8.82. The lowest BCUT2D eigenvalue weighted by Crippen LogP contribution is -2.29. The number of allylic oxidation sites excluding steroid dienone is 1. The van der Waals surface area contributed by atoms with Gasteiger partial charge in [0.1, 0.15) is 6.04 Å². The van der Waals surface area contributed by atoms with Gasteiger partial charge in [0.25, 0.3) is 0 Å². The highest BCUT2D eigenvalue weighted by atomic mass is 16.6. The van der Waals surface area contributed by atoms with Crippen molar-refractivity contribution in [1.82, 2.24) is 0 Å². The van der Waals surface area contributed by atoms with Crippen LogP contribution in [0.4, 0.5) is 0 Å². The summed E-state index contributed by atoms with van der Waals surface area (Å²) in [6.07, 6.45) is 4.54. The summed E-state index contributed by atoms with van der Waals surface area (Å²) < 4.78 is 0. The molecule has 1 aromatic carbocycles. The fraction of sp³-hybridized carbons (Fsp3) is 0.312. The van der Waals surface area contributed by atoms with Gasteiger partial charge in [-0.2, -0.15) is 10.2 Å². The van der Waals surface area contributed by atoms with Crippen LogP contribution in [-0.2, 0) is 4.79 Å². The standard InChI is InChI=1S/C16H15N5O3/c22-15-7-6-13(21(23)24)8-12(15)10-17-19-16-9-14(18-20-16)11-4-2-1-3-5-11/h1-7,10,12-14H,8-9H2/b17-10-,19-16-/t12-,13-,14+/m1/s1. The molecule has 1 aliphatic heterocycles. The van der Waals surface area contributed by atoms with Crippen molar-refractivity contribution < 1.29 is 9.72 Å². The molecule has 0 unspecified atom stereocenters. The number of ketones is 1. The van der Waals surface area contributed by atoms with Crippen LogP contribution in [-0.4, -0.2) is 28.8 Å². The normalized spacial score (nSPS) is 28.1. The van der Waals surface area contributed by atoms with E-state index >= 15 is 0 Å². The Labute approximate surface area is 137 Å².